The largest absolute Gasteiger partial charge is 0.461 e. The van der Waals surface area contributed by atoms with E-state index < -0.39 is 10.9 Å². The van der Waals surface area contributed by atoms with Crippen LogP contribution in [-0.2, 0) is 18.2 Å². The van der Waals surface area contributed by atoms with Crippen LogP contribution in [0.3, 0.4) is 0 Å². The van der Waals surface area contributed by atoms with E-state index >= 15 is 0 Å². The number of nitro groups is 1. The van der Waals surface area contributed by atoms with Gasteiger partial charge >= 0.3 is 11.7 Å². The summed E-state index contributed by atoms with van der Waals surface area (Å²) in [7, 11) is 1.48. The smallest absolute Gasteiger partial charge is 0.363 e. The summed E-state index contributed by atoms with van der Waals surface area (Å²) in [6.07, 6.45) is 0.392. The Hall–Kier alpha value is -1.92. The molecule has 0 aliphatic rings. The Morgan fingerprint density at radius 1 is 1.56 bits per heavy atom. The maximum atomic E-state index is 11.5. The van der Waals surface area contributed by atoms with Crippen LogP contribution in [0.1, 0.15) is 30.0 Å². The van der Waals surface area contributed by atoms with E-state index in [1.807, 2.05) is 0 Å². The lowest BCUT2D eigenvalue weighted by atomic mass is 10.2. The molecular formula is C9H13N3O4. The summed E-state index contributed by atoms with van der Waals surface area (Å²) >= 11 is 0. The maximum Gasteiger partial charge on any atom is 0.363 e. The zero-order valence-corrected chi connectivity index (χ0v) is 9.39. The first-order chi connectivity index (χ1) is 7.52. The summed E-state index contributed by atoms with van der Waals surface area (Å²) in [6.45, 7) is 3.55. The number of rotatable bonds is 4. The van der Waals surface area contributed by atoms with E-state index in [1.165, 1.54) is 11.7 Å². The average molecular weight is 227 g/mol. The second-order valence-electron chi connectivity index (χ2n) is 3.10. The number of hydrogen-bond acceptors (Lipinski definition) is 5. The van der Waals surface area contributed by atoms with E-state index in [9.17, 15) is 14.9 Å². The lowest BCUT2D eigenvalue weighted by Crippen LogP contribution is -2.12. The summed E-state index contributed by atoms with van der Waals surface area (Å²) < 4.78 is 5.94. The molecule has 0 amide bonds. The minimum Gasteiger partial charge on any atom is -0.461 e. The van der Waals surface area contributed by atoms with Gasteiger partial charge in [-0.2, -0.15) is 5.10 Å². The topological polar surface area (TPSA) is 87.3 Å². The van der Waals surface area contributed by atoms with Crippen LogP contribution in [0.25, 0.3) is 0 Å². The third kappa shape index (κ3) is 2.02. The van der Waals surface area contributed by atoms with Crippen LogP contribution in [0.5, 0.6) is 0 Å². The Bertz CT molecular complexity index is 425. The van der Waals surface area contributed by atoms with Crippen molar-refractivity contribution in [3.05, 3.63) is 21.5 Å². The second kappa shape index (κ2) is 4.73. The van der Waals surface area contributed by atoms with Crippen LogP contribution < -0.4 is 0 Å². The van der Waals surface area contributed by atoms with Crippen LogP contribution in [0.15, 0.2) is 0 Å². The Labute approximate surface area is 92.2 Å². The minimum atomic E-state index is -0.719. The molecule has 1 heterocycles. The molecule has 0 radical (unpaired) electrons. The highest BCUT2D eigenvalue weighted by Crippen LogP contribution is 2.24. The van der Waals surface area contributed by atoms with Crippen molar-refractivity contribution < 1.29 is 14.5 Å². The third-order valence-electron chi connectivity index (χ3n) is 2.08. The van der Waals surface area contributed by atoms with Gasteiger partial charge in [0.1, 0.15) is 5.69 Å². The molecule has 0 aliphatic heterocycles. The van der Waals surface area contributed by atoms with Crippen LogP contribution >= 0.6 is 0 Å². The molecule has 0 atom stereocenters. The van der Waals surface area contributed by atoms with Gasteiger partial charge in [0.05, 0.1) is 11.5 Å². The summed E-state index contributed by atoms with van der Waals surface area (Å²) in [5.74, 6) is -0.719. The van der Waals surface area contributed by atoms with Crippen molar-refractivity contribution in [3.8, 4) is 0 Å². The van der Waals surface area contributed by atoms with Crippen LogP contribution in [0.4, 0.5) is 5.69 Å². The highest BCUT2D eigenvalue weighted by Gasteiger charge is 2.31. The van der Waals surface area contributed by atoms with Crippen LogP contribution in [0, 0.1) is 10.1 Å². The molecular weight excluding hydrogens is 214 g/mol. The van der Waals surface area contributed by atoms with Gasteiger partial charge in [0, 0.05) is 7.05 Å². The van der Waals surface area contributed by atoms with Gasteiger partial charge in [-0.25, -0.2) is 4.79 Å². The van der Waals surface area contributed by atoms with Crippen molar-refractivity contribution in [1.29, 1.82) is 0 Å². The van der Waals surface area contributed by atoms with E-state index in [-0.39, 0.29) is 23.7 Å². The average Bonchev–Trinajstić information content (AvgIpc) is 2.55. The lowest BCUT2D eigenvalue weighted by molar-refractivity contribution is -0.386. The van der Waals surface area contributed by atoms with Crippen LogP contribution in [0.2, 0.25) is 0 Å². The molecule has 7 nitrogen and oxygen atoms in total. The molecule has 0 saturated heterocycles. The van der Waals surface area contributed by atoms with E-state index in [1.54, 1.807) is 13.8 Å². The summed E-state index contributed by atoms with van der Waals surface area (Å²) in [5, 5.41) is 14.8. The van der Waals surface area contributed by atoms with Gasteiger partial charge in [-0.05, 0) is 13.3 Å². The van der Waals surface area contributed by atoms with Crippen molar-refractivity contribution in [2.75, 3.05) is 6.61 Å². The monoisotopic (exact) mass is 227 g/mol. The number of aromatic nitrogens is 2. The van der Waals surface area contributed by atoms with Gasteiger partial charge < -0.3 is 4.74 Å². The molecule has 1 aromatic rings. The van der Waals surface area contributed by atoms with Gasteiger partial charge in [-0.3, -0.25) is 14.8 Å². The van der Waals surface area contributed by atoms with Gasteiger partial charge in [-0.1, -0.05) is 6.92 Å². The van der Waals surface area contributed by atoms with Crippen molar-refractivity contribution in [1.82, 2.24) is 9.78 Å². The van der Waals surface area contributed by atoms with E-state index in [0.717, 1.165) is 0 Å². The fourth-order valence-corrected chi connectivity index (χ4v) is 1.43. The highest BCUT2D eigenvalue weighted by atomic mass is 16.6. The number of ether oxygens (including phenoxy) is 1. The Morgan fingerprint density at radius 3 is 2.62 bits per heavy atom. The quantitative estimate of drug-likeness (QED) is 0.436. The third-order valence-corrected chi connectivity index (χ3v) is 2.08. The molecule has 88 valence electrons. The normalized spacial score (nSPS) is 10.2. The molecule has 7 heteroatoms. The van der Waals surface area contributed by atoms with Crippen molar-refractivity contribution in [2.24, 2.45) is 7.05 Å². The SMILES string of the molecule is CCOC(=O)c1c([N+](=O)[O-])c(CC)nn1C. The molecule has 1 rings (SSSR count). The summed E-state index contributed by atoms with van der Waals surface area (Å²) in [4.78, 5) is 21.8. The van der Waals surface area contributed by atoms with E-state index in [0.29, 0.717) is 6.42 Å². The van der Waals surface area contributed by atoms with Gasteiger partial charge in [0.25, 0.3) is 0 Å². The molecule has 16 heavy (non-hydrogen) atoms. The first kappa shape index (κ1) is 12.2. The van der Waals surface area contributed by atoms with Crippen molar-refractivity contribution in [2.45, 2.75) is 20.3 Å². The van der Waals surface area contributed by atoms with Gasteiger partial charge in [-0.15, -0.1) is 0 Å². The molecule has 0 fully saturated rings. The number of nitrogens with zero attached hydrogens (tertiary/aromatic N) is 3. The summed E-state index contributed by atoms with van der Waals surface area (Å²) in [6, 6.07) is 0. The maximum absolute atomic E-state index is 11.5. The Morgan fingerprint density at radius 2 is 2.19 bits per heavy atom. The number of hydrogen-bond donors (Lipinski definition) is 0. The second-order valence-corrected chi connectivity index (χ2v) is 3.10. The zero-order chi connectivity index (χ0) is 12.3. The molecule has 0 aliphatic carbocycles. The number of esters is 1. The fraction of sp³-hybridized carbons (Fsp3) is 0.556. The first-order valence-electron chi connectivity index (χ1n) is 4.90. The van der Waals surface area contributed by atoms with Gasteiger partial charge in [0.2, 0.25) is 5.69 Å². The fourth-order valence-electron chi connectivity index (χ4n) is 1.43. The zero-order valence-electron chi connectivity index (χ0n) is 9.39. The van der Waals surface area contributed by atoms with Crippen molar-refractivity contribution in [3.63, 3.8) is 0 Å². The van der Waals surface area contributed by atoms with Crippen LogP contribution in [-0.4, -0.2) is 27.3 Å². The Balaban J connectivity index is 3.30. The number of carbonyl (C=O) groups excluding carboxylic acids is 1. The van der Waals surface area contributed by atoms with E-state index in [2.05, 4.69) is 5.10 Å². The molecule has 0 saturated carbocycles. The standard InChI is InChI=1S/C9H13N3O4/c1-4-6-7(12(14)15)8(11(3)10-6)9(13)16-5-2/h4-5H2,1-3H3. The minimum absolute atomic E-state index is 0.108. The molecule has 0 spiro atoms. The summed E-state index contributed by atoms with van der Waals surface area (Å²) in [5.41, 5.74) is -0.0808. The number of carbonyl (C=O) groups is 1. The van der Waals surface area contributed by atoms with E-state index in [4.69, 9.17) is 4.74 Å². The van der Waals surface area contributed by atoms with Crippen molar-refractivity contribution >= 4 is 11.7 Å². The number of aryl methyl sites for hydroxylation is 2. The molecule has 0 unspecified atom stereocenters. The lowest BCUT2D eigenvalue weighted by Gasteiger charge is -2.00. The Kier molecular flexibility index (Phi) is 3.60. The predicted molar refractivity (Wildman–Crippen MR) is 55.2 cm³/mol. The molecule has 0 aromatic carbocycles. The first-order valence-corrected chi connectivity index (χ1v) is 4.90. The van der Waals surface area contributed by atoms with Gasteiger partial charge in [0.15, 0.2) is 0 Å². The highest BCUT2D eigenvalue weighted by molar-refractivity contribution is 5.92. The molecule has 0 N–H and O–H groups in total. The molecule has 0 bridgehead atoms. The molecule has 1 aromatic heterocycles. The predicted octanol–water partition coefficient (Wildman–Crippen LogP) is 1.07.